The molecule has 0 aliphatic rings. The van der Waals surface area contributed by atoms with Gasteiger partial charge >= 0.3 is 0 Å². The van der Waals surface area contributed by atoms with Crippen molar-refractivity contribution in [1.82, 2.24) is 4.98 Å². The number of nitrogens with zero attached hydrogens (tertiary/aromatic N) is 1. The summed E-state index contributed by atoms with van der Waals surface area (Å²) in [5.74, 6) is 0.394. The fraction of sp³-hybridized carbons (Fsp3) is 0.333. The van der Waals surface area contributed by atoms with Crippen LogP contribution in [0.1, 0.15) is 24.8 Å². The molecule has 0 fully saturated rings. The Morgan fingerprint density at radius 1 is 1.58 bits per heavy atom. The smallest absolute Gasteiger partial charge is 0.0733 e. The van der Waals surface area contributed by atoms with Crippen LogP contribution in [0.5, 0.6) is 0 Å². The Morgan fingerprint density at radius 3 is 2.67 bits per heavy atom. The van der Waals surface area contributed by atoms with Crippen molar-refractivity contribution in [2.24, 2.45) is 5.73 Å². The molecule has 2 nitrogen and oxygen atoms in total. The van der Waals surface area contributed by atoms with Crippen LogP contribution in [0.25, 0.3) is 0 Å². The Morgan fingerprint density at radius 2 is 2.17 bits per heavy atom. The molecule has 0 radical (unpaired) electrons. The number of rotatable bonds is 3. The first-order chi connectivity index (χ1) is 5.70. The van der Waals surface area contributed by atoms with Gasteiger partial charge in [0.1, 0.15) is 0 Å². The van der Waals surface area contributed by atoms with E-state index in [1.807, 2.05) is 12.1 Å². The summed E-state index contributed by atoms with van der Waals surface area (Å²) in [4.78, 5) is 4.51. The predicted molar refractivity (Wildman–Crippen MR) is 54.1 cm³/mol. The minimum absolute atomic E-state index is 0.394. The molecule has 0 bridgehead atoms. The van der Waals surface area contributed by atoms with Gasteiger partial charge in [-0.05, 0) is 23.6 Å². The normalized spacial score (nSPS) is 12.4. The summed E-state index contributed by atoms with van der Waals surface area (Å²) in [6.07, 6.45) is 4.33. The van der Waals surface area contributed by atoms with Gasteiger partial charge in [0, 0.05) is 18.8 Å². The molecule has 3 heteroatoms. The molecule has 0 aliphatic carbocycles. The highest BCUT2D eigenvalue weighted by molar-refractivity contribution is 7.80. The van der Waals surface area contributed by atoms with Crippen LogP contribution in [-0.4, -0.2) is 9.97 Å². The largest absolute Gasteiger partial charge is 0.393 e. The highest BCUT2D eigenvalue weighted by Crippen LogP contribution is 2.17. The molecule has 0 spiro atoms. The lowest BCUT2D eigenvalue weighted by molar-refractivity contribution is 0.804. The Bertz CT molecular complexity index is 258. The van der Waals surface area contributed by atoms with Gasteiger partial charge < -0.3 is 5.73 Å². The maximum atomic E-state index is 5.45. The number of nitrogens with two attached hydrogens (primary N) is 1. The fourth-order valence-electron chi connectivity index (χ4n) is 1.11. The Hall–Kier alpha value is -0.960. The van der Waals surface area contributed by atoms with Crippen LogP contribution in [0.2, 0.25) is 0 Å². The monoisotopic (exact) mass is 180 g/mol. The van der Waals surface area contributed by atoms with Crippen molar-refractivity contribution < 1.29 is 0 Å². The van der Waals surface area contributed by atoms with Crippen LogP contribution in [0.4, 0.5) is 0 Å². The van der Waals surface area contributed by atoms with E-state index in [4.69, 9.17) is 18.0 Å². The maximum absolute atomic E-state index is 5.45. The van der Waals surface area contributed by atoms with Gasteiger partial charge in [-0.2, -0.15) is 0 Å². The van der Waals surface area contributed by atoms with E-state index in [0.717, 1.165) is 6.42 Å². The van der Waals surface area contributed by atoms with Crippen molar-refractivity contribution in [3.8, 4) is 0 Å². The van der Waals surface area contributed by atoms with E-state index in [9.17, 15) is 0 Å². The van der Waals surface area contributed by atoms with Crippen molar-refractivity contribution in [2.45, 2.75) is 19.3 Å². The number of pyridine rings is 1. The molecule has 1 atom stereocenters. The first-order valence-electron chi connectivity index (χ1n) is 3.88. The summed E-state index contributed by atoms with van der Waals surface area (Å²) in [6.45, 7) is 2.11. The predicted octanol–water partition coefficient (Wildman–Crippen LogP) is 1.86. The second-order valence-electron chi connectivity index (χ2n) is 2.85. The molecule has 1 aromatic rings. The molecule has 64 valence electrons. The summed E-state index contributed by atoms with van der Waals surface area (Å²) in [5, 5.41) is 0. The first kappa shape index (κ1) is 9.13. The molecule has 1 rings (SSSR count). The average Bonchev–Trinajstić information content (AvgIpc) is 2.05. The molecule has 12 heavy (non-hydrogen) atoms. The van der Waals surface area contributed by atoms with Crippen molar-refractivity contribution in [2.75, 3.05) is 0 Å². The maximum Gasteiger partial charge on any atom is 0.0733 e. The van der Waals surface area contributed by atoms with Crippen LogP contribution in [0, 0.1) is 0 Å². The third kappa shape index (κ3) is 2.58. The molecular formula is C9H12N2S. The standard InChI is InChI=1S/C9H12N2S/c1-7(6-9(10)12)8-2-4-11-5-3-8/h2-5,7H,6H2,1H3,(H2,10,12). The van der Waals surface area contributed by atoms with E-state index in [0.29, 0.717) is 10.9 Å². The van der Waals surface area contributed by atoms with Crippen molar-refractivity contribution in [1.29, 1.82) is 0 Å². The van der Waals surface area contributed by atoms with Crippen molar-refractivity contribution in [3.05, 3.63) is 30.1 Å². The third-order valence-electron chi connectivity index (χ3n) is 1.78. The van der Waals surface area contributed by atoms with Gasteiger partial charge in [0.2, 0.25) is 0 Å². The van der Waals surface area contributed by atoms with E-state index >= 15 is 0 Å². The lowest BCUT2D eigenvalue weighted by atomic mass is 9.99. The summed E-state index contributed by atoms with van der Waals surface area (Å²) in [5.41, 5.74) is 6.68. The topological polar surface area (TPSA) is 38.9 Å². The molecule has 0 saturated carbocycles. The second kappa shape index (κ2) is 4.16. The summed E-state index contributed by atoms with van der Waals surface area (Å²) in [6, 6.07) is 3.98. The van der Waals surface area contributed by atoms with Gasteiger partial charge in [-0.1, -0.05) is 19.1 Å². The zero-order chi connectivity index (χ0) is 8.97. The minimum Gasteiger partial charge on any atom is -0.393 e. The quantitative estimate of drug-likeness (QED) is 0.722. The average molecular weight is 180 g/mol. The van der Waals surface area contributed by atoms with Crippen LogP contribution in [0.3, 0.4) is 0 Å². The molecule has 0 aliphatic heterocycles. The summed E-state index contributed by atoms with van der Waals surface area (Å²) >= 11 is 4.83. The molecule has 0 aromatic carbocycles. The first-order valence-corrected chi connectivity index (χ1v) is 4.29. The van der Waals surface area contributed by atoms with Gasteiger partial charge in [0.05, 0.1) is 4.99 Å². The Balaban J connectivity index is 2.65. The van der Waals surface area contributed by atoms with Crippen molar-refractivity contribution in [3.63, 3.8) is 0 Å². The van der Waals surface area contributed by atoms with Crippen LogP contribution in [0.15, 0.2) is 24.5 Å². The molecule has 2 N–H and O–H groups in total. The van der Waals surface area contributed by atoms with E-state index in [1.54, 1.807) is 12.4 Å². The third-order valence-corrected chi connectivity index (χ3v) is 1.95. The van der Waals surface area contributed by atoms with E-state index in [1.165, 1.54) is 5.56 Å². The van der Waals surface area contributed by atoms with E-state index in [2.05, 4.69) is 11.9 Å². The van der Waals surface area contributed by atoms with E-state index in [-0.39, 0.29) is 0 Å². The van der Waals surface area contributed by atoms with Crippen LogP contribution in [-0.2, 0) is 0 Å². The SMILES string of the molecule is CC(CC(N)=S)c1ccncc1. The second-order valence-corrected chi connectivity index (χ2v) is 3.38. The fourth-order valence-corrected chi connectivity index (χ4v) is 1.36. The van der Waals surface area contributed by atoms with Gasteiger partial charge in [-0.15, -0.1) is 0 Å². The zero-order valence-corrected chi connectivity index (χ0v) is 7.84. The highest BCUT2D eigenvalue weighted by Gasteiger charge is 2.05. The number of thiocarbonyl (C=S) groups is 1. The molecule has 0 amide bonds. The number of hydrogen-bond acceptors (Lipinski definition) is 2. The van der Waals surface area contributed by atoms with E-state index < -0.39 is 0 Å². The summed E-state index contributed by atoms with van der Waals surface area (Å²) in [7, 11) is 0. The minimum atomic E-state index is 0.394. The molecule has 1 aromatic heterocycles. The number of aromatic nitrogens is 1. The number of hydrogen-bond donors (Lipinski definition) is 1. The molecule has 1 unspecified atom stereocenters. The van der Waals surface area contributed by atoms with Crippen LogP contribution < -0.4 is 5.73 Å². The summed E-state index contributed by atoms with van der Waals surface area (Å²) < 4.78 is 0. The van der Waals surface area contributed by atoms with Gasteiger partial charge in [0.15, 0.2) is 0 Å². The Labute approximate surface area is 77.8 Å². The Kier molecular flexibility index (Phi) is 3.17. The van der Waals surface area contributed by atoms with Crippen LogP contribution >= 0.6 is 12.2 Å². The van der Waals surface area contributed by atoms with Crippen molar-refractivity contribution >= 4 is 17.2 Å². The van der Waals surface area contributed by atoms with Gasteiger partial charge in [0.25, 0.3) is 0 Å². The zero-order valence-electron chi connectivity index (χ0n) is 7.03. The lowest BCUT2D eigenvalue weighted by Crippen LogP contribution is -2.11. The molecule has 1 heterocycles. The van der Waals surface area contributed by atoms with Gasteiger partial charge in [-0.25, -0.2) is 0 Å². The van der Waals surface area contributed by atoms with Gasteiger partial charge in [-0.3, -0.25) is 4.98 Å². The molecule has 0 saturated heterocycles. The lowest BCUT2D eigenvalue weighted by Gasteiger charge is -2.09. The molecular weight excluding hydrogens is 168 g/mol. The highest BCUT2D eigenvalue weighted by atomic mass is 32.1.